The van der Waals surface area contributed by atoms with Crippen LogP contribution in [0.5, 0.6) is 0 Å². The number of benzene rings is 2. The molecule has 1 aliphatic heterocycles. The fraction of sp³-hybridized carbons (Fsp3) is 0.417. The molecule has 0 saturated carbocycles. The van der Waals surface area contributed by atoms with Crippen LogP contribution in [0.1, 0.15) is 31.1 Å². The monoisotopic (exact) mass is 521 g/mol. The standard InChI is InChI=1S/C24H28FN3O5S2/c1-4-32-12-11-28-21-10-7-19(25)13-22(21)34-24(28)26-23(29)18-5-8-20(9-6-18)35(30,31)27-14-16(2)33-17(3)15-27/h5-10,13,16-17H,4,11-12,14-15H2,1-3H3/t16-,17-/m0/s1. The second-order valence-electron chi connectivity index (χ2n) is 8.37. The zero-order valence-corrected chi connectivity index (χ0v) is 21.4. The first-order chi connectivity index (χ1) is 16.7. The number of aromatic nitrogens is 1. The third kappa shape index (κ3) is 5.70. The molecule has 0 aliphatic carbocycles. The van der Waals surface area contributed by atoms with E-state index in [1.54, 1.807) is 6.07 Å². The first-order valence-corrected chi connectivity index (χ1v) is 13.7. The van der Waals surface area contributed by atoms with Gasteiger partial charge in [0.1, 0.15) is 5.82 Å². The van der Waals surface area contributed by atoms with Gasteiger partial charge in [-0.05, 0) is 63.2 Å². The molecule has 2 heterocycles. The highest BCUT2D eigenvalue weighted by molar-refractivity contribution is 7.89. The van der Waals surface area contributed by atoms with Gasteiger partial charge in [-0.3, -0.25) is 4.79 Å². The van der Waals surface area contributed by atoms with Crippen LogP contribution in [0, 0.1) is 5.82 Å². The minimum absolute atomic E-state index is 0.111. The van der Waals surface area contributed by atoms with Crippen LogP contribution < -0.4 is 4.80 Å². The number of sulfonamides is 1. The van der Waals surface area contributed by atoms with Crippen molar-refractivity contribution in [3.8, 4) is 0 Å². The van der Waals surface area contributed by atoms with Crippen LogP contribution >= 0.6 is 11.3 Å². The van der Waals surface area contributed by atoms with Gasteiger partial charge in [-0.1, -0.05) is 11.3 Å². The van der Waals surface area contributed by atoms with Gasteiger partial charge >= 0.3 is 0 Å². The lowest BCUT2D eigenvalue weighted by atomic mass is 10.2. The number of carbonyl (C=O) groups is 1. The van der Waals surface area contributed by atoms with Crippen LogP contribution in [0.4, 0.5) is 4.39 Å². The molecule has 1 aliphatic rings. The fourth-order valence-corrected chi connectivity index (χ4v) is 6.72. The van der Waals surface area contributed by atoms with Crippen molar-refractivity contribution in [2.75, 3.05) is 26.3 Å². The van der Waals surface area contributed by atoms with E-state index in [-0.39, 0.29) is 41.6 Å². The first kappa shape index (κ1) is 25.6. The zero-order chi connectivity index (χ0) is 25.2. The van der Waals surface area contributed by atoms with Crippen molar-refractivity contribution in [3.05, 3.63) is 58.6 Å². The maximum atomic E-state index is 13.7. The summed E-state index contributed by atoms with van der Waals surface area (Å²) >= 11 is 1.21. The van der Waals surface area contributed by atoms with E-state index >= 15 is 0 Å². The molecule has 1 aromatic heterocycles. The van der Waals surface area contributed by atoms with Crippen molar-refractivity contribution in [2.24, 2.45) is 4.99 Å². The number of nitrogens with zero attached hydrogens (tertiary/aromatic N) is 3. The summed E-state index contributed by atoms with van der Waals surface area (Å²) in [5, 5.41) is 0. The minimum atomic E-state index is -3.71. The Labute approximate surface area is 207 Å². The molecule has 1 saturated heterocycles. The highest BCUT2D eigenvalue weighted by Crippen LogP contribution is 2.22. The quantitative estimate of drug-likeness (QED) is 0.445. The van der Waals surface area contributed by atoms with Crippen molar-refractivity contribution in [2.45, 2.75) is 44.4 Å². The van der Waals surface area contributed by atoms with Crippen molar-refractivity contribution >= 4 is 37.5 Å². The third-order valence-corrected chi connectivity index (χ3v) is 8.52. The number of hydrogen-bond donors (Lipinski definition) is 0. The first-order valence-electron chi connectivity index (χ1n) is 11.4. The number of thiazole rings is 1. The van der Waals surface area contributed by atoms with E-state index in [1.165, 1.54) is 52.0 Å². The summed E-state index contributed by atoms with van der Waals surface area (Å²) < 4.78 is 54.8. The molecular formula is C24H28FN3O5S2. The van der Waals surface area contributed by atoms with Gasteiger partial charge in [0.25, 0.3) is 5.91 Å². The topological polar surface area (TPSA) is 90.2 Å². The molecule has 0 unspecified atom stereocenters. The average molecular weight is 522 g/mol. The van der Waals surface area contributed by atoms with E-state index in [4.69, 9.17) is 9.47 Å². The Morgan fingerprint density at radius 1 is 1.17 bits per heavy atom. The number of amides is 1. The normalized spacial score (nSPS) is 19.9. The van der Waals surface area contributed by atoms with E-state index in [9.17, 15) is 17.6 Å². The molecule has 0 spiro atoms. The molecule has 35 heavy (non-hydrogen) atoms. The predicted molar refractivity (Wildman–Crippen MR) is 131 cm³/mol. The number of hydrogen-bond acceptors (Lipinski definition) is 6. The lowest BCUT2D eigenvalue weighted by molar-refractivity contribution is -0.0440. The van der Waals surface area contributed by atoms with Gasteiger partial charge in [0.05, 0.1) is 33.9 Å². The van der Waals surface area contributed by atoms with Gasteiger partial charge in [0.2, 0.25) is 10.0 Å². The van der Waals surface area contributed by atoms with Crippen molar-refractivity contribution < 1.29 is 27.1 Å². The third-order valence-electron chi connectivity index (χ3n) is 5.63. The molecule has 3 aromatic rings. The highest BCUT2D eigenvalue weighted by atomic mass is 32.2. The summed E-state index contributed by atoms with van der Waals surface area (Å²) in [4.78, 5) is 17.7. The average Bonchev–Trinajstić information content (AvgIpc) is 3.14. The van der Waals surface area contributed by atoms with E-state index in [0.717, 1.165) is 5.52 Å². The summed E-state index contributed by atoms with van der Waals surface area (Å²) in [7, 11) is -3.71. The lowest BCUT2D eigenvalue weighted by Crippen LogP contribution is -2.48. The zero-order valence-electron chi connectivity index (χ0n) is 19.8. The Hall–Kier alpha value is -2.44. The predicted octanol–water partition coefficient (Wildman–Crippen LogP) is 3.42. The largest absolute Gasteiger partial charge is 0.380 e. The van der Waals surface area contributed by atoms with Crippen LogP contribution in [-0.4, -0.2) is 61.7 Å². The second-order valence-corrected chi connectivity index (χ2v) is 11.3. The van der Waals surface area contributed by atoms with Crippen LogP contribution in [0.2, 0.25) is 0 Å². The van der Waals surface area contributed by atoms with E-state index in [2.05, 4.69) is 4.99 Å². The summed E-state index contributed by atoms with van der Waals surface area (Å²) in [6.07, 6.45) is -0.394. The van der Waals surface area contributed by atoms with Gasteiger partial charge in [0.15, 0.2) is 4.80 Å². The maximum absolute atomic E-state index is 13.7. The number of carbonyl (C=O) groups excluding carboxylic acids is 1. The van der Waals surface area contributed by atoms with Crippen molar-refractivity contribution in [1.82, 2.24) is 8.87 Å². The molecule has 1 amide bonds. The smallest absolute Gasteiger partial charge is 0.279 e. The Morgan fingerprint density at radius 3 is 2.51 bits per heavy atom. The molecule has 1 fully saturated rings. The van der Waals surface area contributed by atoms with E-state index < -0.39 is 15.9 Å². The van der Waals surface area contributed by atoms with Crippen LogP contribution in [0.3, 0.4) is 0 Å². The van der Waals surface area contributed by atoms with E-state index in [1.807, 2.05) is 25.3 Å². The van der Waals surface area contributed by atoms with Crippen LogP contribution in [-0.2, 0) is 26.0 Å². The van der Waals surface area contributed by atoms with Gasteiger partial charge < -0.3 is 14.0 Å². The molecule has 2 atom stereocenters. The van der Waals surface area contributed by atoms with E-state index in [0.29, 0.717) is 29.3 Å². The van der Waals surface area contributed by atoms with Crippen molar-refractivity contribution in [3.63, 3.8) is 0 Å². The SMILES string of the molecule is CCOCCn1c(=NC(=O)c2ccc(S(=O)(=O)N3C[C@H](C)O[C@@H](C)C3)cc2)sc2cc(F)ccc21. The molecule has 0 radical (unpaired) electrons. The minimum Gasteiger partial charge on any atom is -0.380 e. The Morgan fingerprint density at radius 2 is 1.86 bits per heavy atom. The molecule has 2 aromatic carbocycles. The number of fused-ring (bicyclic) bond motifs is 1. The Bertz CT molecular complexity index is 1370. The van der Waals surface area contributed by atoms with Crippen LogP contribution in [0.25, 0.3) is 10.2 Å². The van der Waals surface area contributed by atoms with Gasteiger partial charge in [-0.15, -0.1) is 0 Å². The maximum Gasteiger partial charge on any atom is 0.279 e. The molecule has 188 valence electrons. The molecule has 8 nitrogen and oxygen atoms in total. The highest BCUT2D eigenvalue weighted by Gasteiger charge is 2.32. The lowest BCUT2D eigenvalue weighted by Gasteiger charge is -2.34. The Balaban J connectivity index is 1.62. The second kappa shape index (κ2) is 10.7. The summed E-state index contributed by atoms with van der Waals surface area (Å²) in [5.74, 6) is -0.880. The molecule has 11 heteroatoms. The molecule has 0 bridgehead atoms. The number of ether oxygens (including phenoxy) is 2. The van der Waals surface area contributed by atoms with Gasteiger partial charge in [-0.25, -0.2) is 12.8 Å². The summed E-state index contributed by atoms with van der Waals surface area (Å²) in [6, 6.07) is 10.2. The van der Waals surface area contributed by atoms with Gasteiger partial charge in [-0.2, -0.15) is 9.30 Å². The molecular weight excluding hydrogens is 493 g/mol. The van der Waals surface area contributed by atoms with Gasteiger partial charge in [0, 0.05) is 31.8 Å². The Kier molecular flexibility index (Phi) is 7.82. The molecule has 4 rings (SSSR count). The van der Waals surface area contributed by atoms with Crippen molar-refractivity contribution in [1.29, 1.82) is 0 Å². The fourth-order valence-electron chi connectivity index (χ4n) is 4.05. The molecule has 0 N–H and O–H groups in total. The number of rotatable bonds is 7. The van der Waals surface area contributed by atoms with Crippen LogP contribution in [0.15, 0.2) is 52.4 Å². The number of morpholine rings is 1. The number of halogens is 1. The summed E-state index contributed by atoms with van der Waals surface area (Å²) in [6.45, 7) is 7.55. The summed E-state index contributed by atoms with van der Waals surface area (Å²) in [5.41, 5.74) is 1.02.